The summed E-state index contributed by atoms with van der Waals surface area (Å²) in [4.78, 5) is 42.2. The average Bonchev–Trinajstić information content (AvgIpc) is 2.91. The molecule has 8 nitrogen and oxygen atoms in total. The van der Waals surface area contributed by atoms with Crippen molar-refractivity contribution >= 4 is 23.5 Å². The Morgan fingerprint density at radius 3 is 2.61 bits per heavy atom. The number of nitrogens with zero attached hydrogens (tertiary/aromatic N) is 2. The van der Waals surface area contributed by atoms with E-state index < -0.39 is 23.4 Å². The summed E-state index contributed by atoms with van der Waals surface area (Å²) in [5.74, 6) is -0.472. The van der Waals surface area contributed by atoms with Crippen molar-refractivity contribution in [2.75, 3.05) is 19.0 Å². The maximum absolute atomic E-state index is 12.8. The monoisotopic (exact) mass is 382 g/mol. The maximum atomic E-state index is 12.8. The number of carbonyl (C=O) groups excluding carboxylic acids is 3. The van der Waals surface area contributed by atoms with Gasteiger partial charge in [0.25, 0.3) is 5.91 Å². The van der Waals surface area contributed by atoms with Crippen molar-refractivity contribution in [3.05, 3.63) is 54.2 Å². The number of urea groups is 1. The topological polar surface area (TPSA) is 101 Å². The lowest BCUT2D eigenvalue weighted by atomic mass is 9.93. The van der Waals surface area contributed by atoms with Gasteiger partial charge in [-0.05, 0) is 31.4 Å². The fourth-order valence-electron chi connectivity index (χ4n) is 3.02. The Balaban J connectivity index is 1.59. The highest BCUT2D eigenvalue weighted by Gasteiger charge is 2.47. The molecule has 3 rings (SSSR count). The van der Waals surface area contributed by atoms with Crippen molar-refractivity contribution in [1.29, 1.82) is 0 Å². The van der Waals surface area contributed by atoms with Gasteiger partial charge in [0.15, 0.2) is 0 Å². The number of imide groups is 1. The summed E-state index contributed by atoms with van der Waals surface area (Å²) in [5, 5.41) is 5.33. The number of pyridine rings is 1. The van der Waals surface area contributed by atoms with Crippen molar-refractivity contribution in [2.45, 2.75) is 25.3 Å². The maximum Gasteiger partial charge on any atom is 0.325 e. The lowest BCUT2D eigenvalue weighted by molar-refractivity contribution is -0.133. The molecule has 2 aromatic rings. The van der Waals surface area contributed by atoms with Gasteiger partial charge in [-0.15, -0.1) is 0 Å². The van der Waals surface area contributed by atoms with Gasteiger partial charge in [0.2, 0.25) is 11.8 Å². The van der Waals surface area contributed by atoms with Crippen LogP contribution in [0.25, 0.3) is 0 Å². The van der Waals surface area contributed by atoms with Crippen molar-refractivity contribution in [1.82, 2.24) is 15.2 Å². The average molecular weight is 382 g/mol. The number of benzene rings is 1. The number of nitrogens with one attached hydrogen (secondary N) is 2. The molecule has 1 atom stereocenters. The number of aryl methyl sites for hydroxylation is 1. The number of hydrogen-bond donors (Lipinski definition) is 2. The Kier molecular flexibility index (Phi) is 5.58. The fraction of sp³-hybridized carbons (Fsp3) is 0.300. The summed E-state index contributed by atoms with van der Waals surface area (Å²) >= 11 is 0. The van der Waals surface area contributed by atoms with Crippen LogP contribution in [0.3, 0.4) is 0 Å². The summed E-state index contributed by atoms with van der Waals surface area (Å²) in [7, 11) is 1.49. The van der Waals surface area contributed by atoms with Crippen LogP contribution in [0.15, 0.2) is 48.7 Å². The first-order valence-electron chi connectivity index (χ1n) is 8.89. The molecule has 2 heterocycles. The molecule has 1 aliphatic heterocycles. The van der Waals surface area contributed by atoms with E-state index in [-0.39, 0.29) is 6.54 Å². The Morgan fingerprint density at radius 2 is 1.96 bits per heavy atom. The number of hydrogen-bond acceptors (Lipinski definition) is 5. The second-order valence-corrected chi connectivity index (χ2v) is 6.78. The van der Waals surface area contributed by atoms with Crippen molar-refractivity contribution in [3.63, 3.8) is 0 Å². The van der Waals surface area contributed by atoms with Crippen LogP contribution in [0, 0.1) is 0 Å². The quantitative estimate of drug-likeness (QED) is 0.713. The highest BCUT2D eigenvalue weighted by Crippen LogP contribution is 2.23. The van der Waals surface area contributed by atoms with Crippen LogP contribution in [0.4, 0.5) is 10.5 Å². The molecule has 1 saturated heterocycles. The third kappa shape index (κ3) is 4.28. The molecule has 146 valence electrons. The van der Waals surface area contributed by atoms with E-state index >= 15 is 0 Å². The van der Waals surface area contributed by atoms with Crippen LogP contribution >= 0.6 is 0 Å². The van der Waals surface area contributed by atoms with E-state index in [1.807, 2.05) is 30.3 Å². The summed E-state index contributed by atoms with van der Waals surface area (Å²) in [6.07, 6.45) is 2.52. The molecule has 4 amide bonds. The van der Waals surface area contributed by atoms with E-state index in [1.54, 1.807) is 19.1 Å². The first-order chi connectivity index (χ1) is 13.4. The van der Waals surface area contributed by atoms with Gasteiger partial charge in [-0.25, -0.2) is 9.78 Å². The molecule has 28 heavy (non-hydrogen) atoms. The largest absolute Gasteiger partial charge is 0.481 e. The summed E-state index contributed by atoms with van der Waals surface area (Å²) in [6.45, 7) is 1.32. The number of anilines is 1. The minimum absolute atomic E-state index is 0.363. The van der Waals surface area contributed by atoms with Gasteiger partial charge in [-0.1, -0.05) is 30.3 Å². The summed E-state index contributed by atoms with van der Waals surface area (Å²) < 4.78 is 4.96. The Labute approximate surface area is 162 Å². The highest BCUT2D eigenvalue weighted by atomic mass is 16.5. The van der Waals surface area contributed by atoms with E-state index in [0.717, 1.165) is 10.5 Å². The van der Waals surface area contributed by atoms with Crippen LogP contribution in [0.2, 0.25) is 0 Å². The van der Waals surface area contributed by atoms with Gasteiger partial charge in [0.1, 0.15) is 12.1 Å². The Bertz CT molecular complexity index is 870. The lowest BCUT2D eigenvalue weighted by Gasteiger charge is -2.21. The molecule has 1 aromatic heterocycles. The van der Waals surface area contributed by atoms with Gasteiger partial charge in [-0.3, -0.25) is 14.5 Å². The first-order valence-corrected chi connectivity index (χ1v) is 8.89. The van der Waals surface area contributed by atoms with Gasteiger partial charge in [0.05, 0.1) is 19.0 Å². The summed E-state index contributed by atoms with van der Waals surface area (Å²) in [6, 6.07) is 12.4. The van der Waals surface area contributed by atoms with E-state index in [0.29, 0.717) is 24.4 Å². The van der Waals surface area contributed by atoms with E-state index in [9.17, 15) is 14.4 Å². The highest BCUT2D eigenvalue weighted by molar-refractivity contribution is 6.09. The van der Waals surface area contributed by atoms with Gasteiger partial charge in [-0.2, -0.15) is 0 Å². The zero-order valence-corrected chi connectivity index (χ0v) is 15.8. The molecule has 0 unspecified atom stereocenters. The van der Waals surface area contributed by atoms with Crippen molar-refractivity contribution in [3.8, 4) is 5.88 Å². The molecular weight excluding hydrogens is 360 g/mol. The number of ether oxygens (including phenoxy) is 1. The van der Waals surface area contributed by atoms with E-state index in [2.05, 4.69) is 15.6 Å². The van der Waals surface area contributed by atoms with E-state index in [4.69, 9.17) is 4.74 Å². The third-order valence-corrected chi connectivity index (χ3v) is 4.63. The number of methoxy groups -OCH3 is 1. The molecule has 2 N–H and O–H groups in total. The van der Waals surface area contributed by atoms with Crippen molar-refractivity contribution in [2.24, 2.45) is 0 Å². The van der Waals surface area contributed by atoms with Crippen LogP contribution in [-0.4, -0.2) is 46.9 Å². The normalized spacial score (nSPS) is 18.7. The van der Waals surface area contributed by atoms with Crippen LogP contribution in [-0.2, 0) is 16.0 Å². The zero-order chi connectivity index (χ0) is 20.1. The first kappa shape index (κ1) is 19.3. The molecule has 0 aliphatic carbocycles. The van der Waals surface area contributed by atoms with Crippen molar-refractivity contribution < 1.29 is 19.1 Å². The number of aromatic nitrogens is 1. The Morgan fingerprint density at radius 1 is 1.21 bits per heavy atom. The number of carbonyl (C=O) groups is 3. The summed E-state index contributed by atoms with van der Waals surface area (Å²) in [5.41, 5.74) is 0.494. The molecule has 1 aliphatic rings. The Hall–Kier alpha value is -3.42. The van der Waals surface area contributed by atoms with Gasteiger partial charge in [0, 0.05) is 6.07 Å². The van der Waals surface area contributed by atoms with E-state index in [1.165, 1.54) is 13.3 Å². The molecule has 0 saturated carbocycles. The standard InChI is InChI=1S/C20H22N4O4/c1-20(11-10-14-6-4-3-5-7-14)18(26)24(19(27)23-20)13-16(25)22-15-8-9-17(28-2)21-12-15/h3-9,12H,10-11,13H2,1-2H3,(H,22,25)(H,23,27)/t20-/m1/s1. The van der Waals surface area contributed by atoms with Crippen LogP contribution < -0.4 is 15.4 Å². The fourth-order valence-corrected chi connectivity index (χ4v) is 3.02. The van der Waals surface area contributed by atoms with Crippen LogP contribution in [0.1, 0.15) is 18.9 Å². The second-order valence-electron chi connectivity index (χ2n) is 6.78. The van der Waals surface area contributed by atoms with Gasteiger partial charge < -0.3 is 15.4 Å². The molecule has 8 heteroatoms. The third-order valence-electron chi connectivity index (χ3n) is 4.63. The number of amides is 4. The molecule has 0 radical (unpaired) electrons. The predicted molar refractivity (Wildman–Crippen MR) is 103 cm³/mol. The smallest absolute Gasteiger partial charge is 0.325 e. The molecular formula is C20H22N4O4. The lowest BCUT2D eigenvalue weighted by Crippen LogP contribution is -2.45. The second kappa shape index (κ2) is 8.08. The predicted octanol–water partition coefficient (Wildman–Crippen LogP) is 1.97. The molecule has 1 aromatic carbocycles. The molecule has 1 fully saturated rings. The van der Waals surface area contributed by atoms with Crippen LogP contribution in [0.5, 0.6) is 5.88 Å². The van der Waals surface area contributed by atoms with Gasteiger partial charge >= 0.3 is 6.03 Å². The molecule has 0 bridgehead atoms. The minimum atomic E-state index is -1.03. The molecule has 0 spiro atoms. The zero-order valence-electron chi connectivity index (χ0n) is 15.8. The minimum Gasteiger partial charge on any atom is -0.481 e. The SMILES string of the molecule is COc1ccc(NC(=O)CN2C(=O)N[C@](C)(CCc3ccccc3)C2=O)cn1. The number of rotatable bonds is 7.